The summed E-state index contributed by atoms with van der Waals surface area (Å²) in [5.74, 6) is -0.968. The highest BCUT2D eigenvalue weighted by atomic mass is 32.2. The van der Waals surface area contributed by atoms with E-state index in [-0.39, 0.29) is 23.5 Å². The Morgan fingerprint density at radius 1 is 0.892 bits per heavy atom. The first-order valence-corrected chi connectivity index (χ1v) is 12.6. The van der Waals surface area contributed by atoms with Crippen LogP contribution >= 0.6 is 11.8 Å². The summed E-state index contributed by atoms with van der Waals surface area (Å²) < 4.78 is 5.18. The largest absolute Gasteiger partial charge is 0.462 e. The number of hydrogen-bond acceptors (Lipinski definition) is 7. The number of carbonyl (C=O) groups excluding carboxylic acids is 3. The lowest BCUT2D eigenvalue weighted by Gasteiger charge is -2.13. The van der Waals surface area contributed by atoms with Crippen LogP contribution in [-0.2, 0) is 9.53 Å². The zero-order valence-corrected chi connectivity index (χ0v) is 21.2. The predicted octanol–water partition coefficient (Wildman–Crippen LogP) is 5.92. The molecule has 0 spiro atoms. The third-order valence-electron chi connectivity index (χ3n) is 5.25. The van der Waals surface area contributed by atoms with Crippen molar-refractivity contribution in [1.82, 2.24) is 0 Å². The van der Waals surface area contributed by atoms with Crippen LogP contribution in [0.5, 0.6) is 0 Å². The van der Waals surface area contributed by atoms with Gasteiger partial charge in [-0.05, 0) is 74.0 Å². The van der Waals surface area contributed by atoms with Crippen molar-refractivity contribution in [1.29, 1.82) is 0 Å². The minimum absolute atomic E-state index is 0.0874. The van der Waals surface area contributed by atoms with Crippen LogP contribution in [0.25, 0.3) is 0 Å². The first kappa shape index (κ1) is 27.4. The maximum atomic E-state index is 12.6. The number of anilines is 2. The Morgan fingerprint density at radius 3 is 2.05 bits per heavy atom. The molecular formula is C27H27N3O6S. The van der Waals surface area contributed by atoms with Gasteiger partial charge in [-0.25, -0.2) is 4.79 Å². The number of esters is 1. The molecule has 0 aliphatic heterocycles. The second-order valence-corrected chi connectivity index (χ2v) is 9.51. The number of unbranched alkanes of at least 4 members (excludes halogenated alkanes) is 1. The quantitative estimate of drug-likeness (QED) is 0.105. The smallest absolute Gasteiger partial charge is 0.338 e. The first-order chi connectivity index (χ1) is 17.8. The van der Waals surface area contributed by atoms with E-state index < -0.39 is 10.2 Å². The van der Waals surface area contributed by atoms with Gasteiger partial charge in [0.05, 0.1) is 22.3 Å². The lowest BCUT2D eigenvalue weighted by atomic mass is 10.2. The summed E-state index contributed by atoms with van der Waals surface area (Å²) >= 11 is 1.36. The Labute approximate surface area is 218 Å². The van der Waals surface area contributed by atoms with Crippen molar-refractivity contribution in [3.8, 4) is 0 Å². The van der Waals surface area contributed by atoms with Gasteiger partial charge in [0, 0.05) is 34.0 Å². The molecule has 10 heteroatoms. The average Bonchev–Trinajstić information content (AvgIpc) is 2.90. The number of benzene rings is 3. The van der Waals surface area contributed by atoms with Crippen molar-refractivity contribution in [2.24, 2.45) is 0 Å². The molecule has 0 radical (unpaired) electrons. The molecule has 0 heterocycles. The normalized spacial score (nSPS) is 11.3. The van der Waals surface area contributed by atoms with Gasteiger partial charge in [0.15, 0.2) is 0 Å². The first-order valence-electron chi connectivity index (χ1n) is 11.7. The Balaban J connectivity index is 1.50. The maximum absolute atomic E-state index is 12.6. The number of ether oxygens (including phenoxy) is 1. The molecule has 1 unspecified atom stereocenters. The average molecular weight is 522 g/mol. The van der Waals surface area contributed by atoms with E-state index in [0.29, 0.717) is 29.1 Å². The number of nitrogens with one attached hydrogen (secondary N) is 2. The minimum Gasteiger partial charge on any atom is -0.462 e. The molecular weight excluding hydrogens is 494 g/mol. The molecule has 0 aliphatic carbocycles. The Hall–Kier alpha value is -4.18. The fourth-order valence-corrected chi connectivity index (χ4v) is 4.01. The molecule has 0 saturated heterocycles. The van der Waals surface area contributed by atoms with Gasteiger partial charge in [-0.15, -0.1) is 11.8 Å². The van der Waals surface area contributed by atoms with E-state index in [9.17, 15) is 24.5 Å². The number of nitro benzene ring substituents is 1. The molecule has 0 bridgehead atoms. The van der Waals surface area contributed by atoms with Gasteiger partial charge in [-0.2, -0.15) is 0 Å². The van der Waals surface area contributed by atoms with Crippen molar-refractivity contribution in [3.63, 3.8) is 0 Å². The van der Waals surface area contributed by atoms with Crippen molar-refractivity contribution < 1.29 is 24.0 Å². The van der Waals surface area contributed by atoms with Crippen LogP contribution in [0.2, 0.25) is 0 Å². The number of hydrogen-bond donors (Lipinski definition) is 2. The zero-order valence-electron chi connectivity index (χ0n) is 20.4. The SMILES string of the molecule is CCCCOC(=O)c1ccc(NC(=O)C(C)Sc2ccc(NC(=O)c3ccc([N+](=O)[O-])cc3)cc2)cc1. The van der Waals surface area contributed by atoms with Crippen LogP contribution in [0.3, 0.4) is 0 Å². The van der Waals surface area contributed by atoms with Gasteiger partial charge in [-0.1, -0.05) is 13.3 Å². The number of thioether (sulfide) groups is 1. The van der Waals surface area contributed by atoms with Crippen LogP contribution in [0, 0.1) is 10.1 Å². The van der Waals surface area contributed by atoms with Gasteiger partial charge in [0.2, 0.25) is 5.91 Å². The van der Waals surface area contributed by atoms with E-state index in [2.05, 4.69) is 10.6 Å². The molecule has 3 aromatic rings. The maximum Gasteiger partial charge on any atom is 0.338 e. The predicted molar refractivity (Wildman–Crippen MR) is 143 cm³/mol. The molecule has 3 aromatic carbocycles. The molecule has 9 nitrogen and oxygen atoms in total. The second kappa shape index (κ2) is 13.2. The highest BCUT2D eigenvalue weighted by molar-refractivity contribution is 8.00. The standard InChI is InChI=1S/C27H27N3O6S/c1-3-4-17-36-27(33)20-5-9-21(10-6-20)28-25(31)18(2)37-24-15-11-22(12-16-24)29-26(32)19-7-13-23(14-8-19)30(34)35/h5-16,18H,3-4,17H2,1-2H3,(H,28,31)(H,29,32). The molecule has 0 aliphatic rings. The van der Waals surface area contributed by atoms with Crippen molar-refractivity contribution in [2.45, 2.75) is 36.8 Å². The molecule has 0 saturated carbocycles. The fraction of sp³-hybridized carbons (Fsp3) is 0.222. The lowest BCUT2D eigenvalue weighted by Crippen LogP contribution is -2.22. The van der Waals surface area contributed by atoms with Gasteiger partial charge in [0.1, 0.15) is 0 Å². The second-order valence-electron chi connectivity index (χ2n) is 8.10. The Morgan fingerprint density at radius 2 is 1.46 bits per heavy atom. The van der Waals surface area contributed by atoms with Gasteiger partial charge in [0.25, 0.3) is 11.6 Å². The van der Waals surface area contributed by atoms with E-state index in [1.165, 1.54) is 36.0 Å². The van der Waals surface area contributed by atoms with Crippen LogP contribution in [-0.4, -0.2) is 34.6 Å². The van der Waals surface area contributed by atoms with Crippen LogP contribution in [0.4, 0.5) is 17.1 Å². The number of carbonyl (C=O) groups is 3. The number of amides is 2. The zero-order chi connectivity index (χ0) is 26.8. The van der Waals surface area contributed by atoms with E-state index in [1.54, 1.807) is 55.5 Å². The molecule has 1 atom stereocenters. The summed E-state index contributed by atoms with van der Waals surface area (Å²) in [6.45, 7) is 4.19. The number of non-ortho nitro benzene ring substituents is 1. The monoisotopic (exact) mass is 521 g/mol. The summed E-state index contributed by atoms with van der Waals surface area (Å²) in [7, 11) is 0. The molecule has 0 fully saturated rings. The summed E-state index contributed by atoms with van der Waals surface area (Å²) in [5.41, 5.74) is 1.77. The van der Waals surface area contributed by atoms with E-state index >= 15 is 0 Å². The highest BCUT2D eigenvalue weighted by Gasteiger charge is 2.16. The molecule has 3 rings (SSSR count). The van der Waals surface area contributed by atoms with Crippen molar-refractivity contribution in [2.75, 3.05) is 17.2 Å². The Kier molecular flexibility index (Phi) is 9.79. The molecule has 37 heavy (non-hydrogen) atoms. The molecule has 192 valence electrons. The third kappa shape index (κ3) is 8.18. The van der Waals surface area contributed by atoms with Crippen LogP contribution < -0.4 is 10.6 Å². The summed E-state index contributed by atoms with van der Waals surface area (Å²) in [6.07, 6.45) is 1.76. The number of nitrogens with zero attached hydrogens (tertiary/aromatic N) is 1. The number of nitro groups is 1. The van der Waals surface area contributed by atoms with Gasteiger partial charge < -0.3 is 15.4 Å². The van der Waals surface area contributed by atoms with Crippen molar-refractivity contribution in [3.05, 3.63) is 94.0 Å². The topological polar surface area (TPSA) is 128 Å². The number of rotatable bonds is 11. The van der Waals surface area contributed by atoms with E-state index in [4.69, 9.17) is 4.74 Å². The van der Waals surface area contributed by atoms with E-state index in [1.807, 2.05) is 6.92 Å². The fourth-order valence-electron chi connectivity index (χ4n) is 3.14. The summed E-state index contributed by atoms with van der Waals surface area (Å²) in [6, 6.07) is 18.9. The highest BCUT2D eigenvalue weighted by Crippen LogP contribution is 2.26. The lowest BCUT2D eigenvalue weighted by molar-refractivity contribution is -0.384. The summed E-state index contributed by atoms with van der Waals surface area (Å²) in [4.78, 5) is 48.1. The minimum atomic E-state index is -0.525. The third-order valence-corrected chi connectivity index (χ3v) is 6.37. The van der Waals surface area contributed by atoms with Crippen LogP contribution in [0.15, 0.2) is 77.7 Å². The van der Waals surface area contributed by atoms with Crippen LogP contribution in [0.1, 0.15) is 47.4 Å². The Bertz CT molecular complexity index is 1240. The molecule has 2 amide bonds. The molecule has 2 N–H and O–H groups in total. The van der Waals surface area contributed by atoms with Crippen molar-refractivity contribution >= 4 is 46.6 Å². The van der Waals surface area contributed by atoms with Gasteiger partial charge in [-0.3, -0.25) is 19.7 Å². The van der Waals surface area contributed by atoms with Gasteiger partial charge >= 0.3 is 5.97 Å². The molecule has 0 aromatic heterocycles. The van der Waals surface area contributed by atoms with E-state index in [0.717, 1.165) is 17.7 Å². The summed E-state index contributed by atoms with van der Waals surface area (Å²) in [5, 5.41) is 15.9.